The summed E-state index contributed by atoms with van der Waals surface area (Å²) in [5, 5.41) is 2.77. The van der Waals surface area contributed by atoms with Crippen LogP contribution < -0.4 is 5.32 Å². The first-order valence-corrected chi connectivity index (χ1v) is 6.52. The Labute approximate surface area is 115 Å². The van der Waals surface area contributed by atoms with Gasteiger partial charge in [-0.2, -0.15) is 0 Å². The van der Waals surface area contributed by atoms with Crippen molar-refractivity contribution >= 4 is 11.9 Å². The SMILES string of the molecule is C=CCCC(=O)NC(C)COC(=O)C(C)(C)CC=C. The van der Waals surface area contributed by atoms with E-state index < -0.39 is 5.41 Å². The molecule has 19 heavy (non-hydrogen) atoms. The van der Waals surface area contributed by atoms with Gasteiger partial charge in [0.15, 0.2) is 0 Å². The summed E-state index contributed by atoms with van der Waals surface area (Å²) >= 11 is 0. The molecule has 0 fully saturated rings. The van der Waals surface area contributed by atoms with E-state index in [9.17, 15) is 9.59 Å². The van der Waals surface area contributed by atoms with E-state index in [2.05, 4.69) is 18.5 Å². The lowest BCUT2D eigenvalue weighted by atomic mass is 9.90. The number of ether oxygens (including phenoxy) is 1. The van der Waals surface area contributed by atoms with Gasteiger partial charge >= 0.3 is 5.97 Å². The highest BCUT2D eigenvalue weighted by atomic mass is 16.5. The summed E-state index contributed by atoms with van der Waals surface area (Å²) in [6, 6.07) is -0.194. The van der Waals surface area contributed by atoms with Gasteiger partial charge in [0, 0.05) is 6.42 Å². The van der Waals surface area contributed by atoms with Crippen molar-refractivity contribution in [3.63, 3.8) is 0 Å². The predicted octanol–water partition coefficient (Wildman–Crippen LogP) is 2.60. The molecule has 0 saturated carbocycles. The van der Waals surface area contributed by atoms with Crippen molar-refractivity contribution in [1.82, 2.24) is 5.32 Å². The third kappa shape index (κ3) is 7.44. The highest BCUT2D eigenvalue weighted by Gasteiger charge is 2.28. The van der Waals surface area contributed by atoms with Crippen LogP contribution in [0.1, 0.15) is 40.0 Å². The molecule has 0 radical (unpaired) electrons. The molecule has 1 amide bonds. The van der Waals surface area contributed by atoms with Crippen molar-refractivity contribution in [3.8, 4) is 0 Å². The van der Waals surface area contributed by atoms with Crippen LogP contribution in [0.3, 0.4) is 0 Å². The molecule has 0 aromatic rings. The van der Waals surface area contributed by atoms with Crippen molar-refractivity contribution in [3.05, 3.63) is 25.3 Å². The number of hydrogen-bond donors (Lipinski definition) is 1. The highest BCUT2D eigenvalue weighted by Crippen LogP contribution is 2.22. The highest BCUT2D eigenvalue weighted by molar-refractivity contribution is 5.77. The smallest absolute Gasteiger partial charge is 0.311 e. The van der Waals surface area contributed by atoms with Crippen LogP contribution >= 0.6 is 0 Å². The first-order chi connectivity index (χ1) is 8.83. The third-order valence-corrected chi connectivity index (χ3v) is 2.65. The maximum atomic E-state index is 11.8. The van der Waals surface area contributed by atoms with Gasteiger partial charge in [-0.25, -0.2) is 0 Å². The van der Waals surface area contributed by atoms with Gasteiger partial charge in [-0.1, -0.05) is 12.2 Å². The number of hydrogen-bond acceptors (Lipinski definition) is 3. The summed E-state index contributed by atoms with van der Waals surface area (Å²) in [6.45, 7) is 12.8. The average Bonchev–Trinajstić information content (AvgIpc) is 2.33. The van der Waals surface area contributed by atoms with Crippen LogP contribution in [0.5, 0.6) is 0 Å². The summed E-state index contributed by atoms with van der Waals surface area (Å²) in [7, 11) is 0. The van der Waals surface area contributed by atoms with E-state index in [4.69, 9.17) is 4.74 Å². The Morgan fingerprint density at radius 3 is 2.47 bits per heavy atom. The molecule has 1 atom stereocenters. The van der Waals surface area contributed by atoms with Crippen molar-refractivity contribution in [2.45, 2.75) is 46.1 Å². The molecule has 0 spiro atoms. The van der Waals surface area contributed by atoms with E-state index in [0.717, 1.165) is 0 Å². The Morgan fingerprint density at radius 1 is 1.32 bits per heavy atom. The third-order valence-electron chi connectivity index (χ3n) is 2.65. The van der Waals surface area contributed by atoms with Crippen LogP contribution in [0.4, 0.5) is 0 Å². The van der Waals surface area contributed by atoms with Crippen molar-refractivity contribution < 1.29 is 14.3 Å². The molecule has 1 N–H and O–H groups in total. The van der Waals surface area contributed by atoms with Gasteiger partial charge in [-0.05, 0) is 33.6 Å². The van der Waals surface area contributed by atoms with Crippen LogP contribution in [0.2, 0.25) is 0 Å². The van der Waals surface area contributed by atoms with Gasteiger partial charge in [-0.15, -0.1) is 13.2 Å². The summed E-state index contributed by atoms with van der Waals surface area (Å²) in [5.74, 6) is -0.339. The van der Waals surface area contributed by atoms with E-state index in [1.54, 1.807) is 19.1 Å². The molecular formula is C15H25NO3. The van der Waals surface area contributed by atoms with Crippen molar-refractivity contribution in [1.29, 1.82) is 0 Å². The molecule has 4 heteroatoms. The summed E-state index contributed by atoms with van der Waals surface area (Å²) < 4.78 is 5.20. The minimum absolute atomic E-state index is 0.0613. The fourth-order valence-electron chi connectivity index (χ4n) is 1.46. The average molecular weight is 267 g/mol. The Bertz CT molecular complexity index is 334. The van der Waals surface area contributed by atoms with Gasteiger partial charge in [0.25, 0.3) is 0 Å². The lowest BCUT2D eigenvalue weighted by Gasteiger charge is -2.22. The van der Waals surface area contributed by atoms with Crippen LogP contribution in [-0.2, 0) is 14.3 Å². The summed E-state index contributed by atoms with van der Waals surface area (Å²) in [5.41, 5.74) is -0.575. The normalized spacial score (nSPS) is 12.4. The van der Waals surface area contributed by atoms with Crippen LogP contribution in [0, 0.1) is 5.41 Å². The number of carbonyl (C=O) groups is 2. The van der Waals surface area contributed by atoms with Gasteiger partial charge in [0.2, 0.25) is 5.91 Å². The van der Waals surface area contributed by atoms with E-state index in [1.165, 1.54) is 0 Å². The maximum Gasteiger partial charge on any atom is 0.311 e. The number of nitrogens with one attached hydrogen (secondary N) is 1. The first kappa shape index (κ1) is 17.4. The molecule has 0 aromatic heterocycles. The molecular weight excluding hydrogens is 242 g/mol. The molecule has 0 saturated heterocycles. The molecule has 0 rings (SSSR count). The molecule has 0 aliphatic rings. The second kappa shape index (κ2) is 8.51. The van der Waals surface area contributed by atoms with E-state index in [-0.39, 0.29) is 24.5 Å². The molecule has 4 nitrogen and oxygen atoms in total. The van der Waals surface area contributed by atoms with Crippen LogP contribution in [0.15, 0.2) is 25.3 Å². The van der Waals surface area contributed by atoms with Gasteiger partial charge in [0.05, 0.1) is 11.5 Å². The quantitative estimate of drug-likeness (QED) is 0.516. The van der Waals surface area contributed by atoms with Crippen LogP contribution in [0.25, 0.3) is 0 Å². The predicted molar refractivity (Wildman–Crippen MR) is 76.6 cm³/mol. The van der Waals surface area contributed by atoms with E-state index in [0.29, 0.717) is 19.3 Å². The lowest BCUT2D eigenvalue weighted by Crippen LogP contribution is -2.38. The molecule has 0 aliphatic carbocycles. The second-order valence-electron chi connectivity index (χ2n) is 5.27. The van der Waals surface area contributed by atoms with Gasteiger partial charge < -0.3 is 10.1 Å². The Hall–Kier alpha value is -1.58. The van der Waals surface area contributed by atoms with Crippen LogP contribution in [-0.4, -0.2) is 24.5 Å². The fraction of sp³-hybridized carbons (Fsp3) is 0.600. The first-order valence-electron chi connectivity index (χ1n) is 6.52. The standard InChI is InChI=1S/C15H25NO3/c1-6-8-9-13(17)16-12(3)11-19-14(18)15(4,5)10-7-2/h6-7,12H,1-2,8-11H2,3-5H3,(H,16,17). The zero-order chi connectivity index (χ0) is 14.9. The second-order valence-corrected chi connectivity index (χ2v) is 5.27. The lowest BCUT2D eigenvalue weighted by molar-refractivity contribution is -0.154. The summed E-state index contributed by atoms with van der Waals surface area (Å²) in [4.78, 5) is 23.3. The molecule has 0 heterocycles. The zero-order valence-corrected chi connectivity index (χ0v) is 12.2. The molecule has 0 bridgehead atoms. The number of rotatable bonds is 9. The zero-order valence-electron chi connectivity index (χ0n) is 12.2. The number of allylic oxidation sites excluding steroid dienone is 2. The Kier molecular flexibility index (Phi) is 7.80. The molecule has 0 aromatic carbocycles. The summed E-state index contributed by atoms with van der Waals surface area (Å²) in [6.07, 6.45) is 5.00. The molecule has 1 unspecified atom stereocenters. The maximum absolute atomic E-state index is 11.8. The van der Waals surface area contributed by atoms with E-state index in [1.807, 2.05) is 13.8 Å². The van der Waals surface area contributed by atoms with Crippen molar-refractivity contribution in [2.24, 2.45) is 5.41 Å². The van der Waals surface area contributed by atoms with Gasteiger partial charge in [-0.3, -0.25) is 9.59 Å². The minimum atomic E-state index is -0.575. The van der Waals surface area contributed by atoms with Gasteiger partial charge in [0.1, 0.15) is 6.61 Å². The topological polar surface area (TPSA) is 55.4 Å². The number of amides is 1. The van der Waals surface area contributed by atoms with Crippen molar-refractivity contribution in [2.75, 3.05) is 6.61 Å². The largest absolute Gasteiger partial charge is 0.463 e. The Balaban J connectivity index is 4.05. The Morgan fingerprint density at radius 2 is 1.95 bits per heavy atom. The number of carbonyl (C=O) groups excluding carboxylic acids is 2. The fourth-order valence-corrected chi connectivity index (χ4v) is 1.46. The number of esters is 1. The minimum Gasteiger partial charge on any atom is -0.463 e. The van der Waals surface area contributed by atoms with E-state index >= 15 is 0 Å². The molecule has 108 valence electrons. The monoisotopic (exact) mass is 267 g/mol. The molecule has 0 aliphatic heterocycles.